The molecule has 0 fully saturated rings. The van der Waals surface area contributed by atoms with Gasteiger partial charge < -0.3 is 4.90 Å². The second-order valence-corrected chi connectivity index (χ2v) is 3.07. The van der Waals surface area contributed by atoms with Crippen LogP contribution in [-0.2, 0) is 6.54 Å². The molecule has 1 rings (SSSR count). The normalized spacial score (nSPS) is 9.77. The van der Waals surface area contributed by atoms with Crippen molar-refractivity contribution in [1.82, 2.24) is 4.90 Å². The molecule has 0 spiro atoms. The van der Waals surface area contributed by atoms with Crippen molar-refractivity contribution >= 4 is 5.84 Å². The van der Waals surface area contributed by atoms with E-state index < -0.39 is 0 Å². The molecule has 1 aromatic rings. The number of nitrogens with zero attached hydrogens (tertiary/aromatic N) is 1. The third-order valence-electron chi connectivity index (χ3n) is 1.91. The summed E-state index contributed by atoms with van der Waals surface area (Å²) in [6, 6.07) is 6.33. The molecule has 0 aliphatic rings. The summed E-state index contributed by atoms with van der Waals surface area (Å²) in [4.78, 5) is 1.80. The molecule has 0 saturated heterocycles. The van der Waals surface area contributed by atoms with Crippen molar-refractivity contribution < 1.29 is 4.39 Å². The molecular weight excluding hydrogens is 167 g/mol. The van der Waals surface area contributed by atoms with E-state index in [9.17, 15) is 4.39 Å². The Labute approximate surface area is 77.5 Å². The molecule has 0 atom stereocenters. The molecule has 0 aliphatic heterocycles. The monoisotopic (exact) mass is 180 g/mol. The molecule has 0 aliphatic carbocycles. The number of rotatable bonds is 2. The third-order valence-corrected chi connectivity index (χ3v) is 1.91. The number of halogens is 1. The first-order valence-corrected chi connectivity index (χ1v) is 4.10. The summed E-state index contributed by atoms with van der Waals surface area (Å²) in [5, 5.41) is 7.34. The lowest BCUT2D eigenvalue weighted by atomic mass is 10.2. The lowest BCUT2D eigenvalue weighted by Gasteiger charge is -2.16. The predicted molar refractivity (Wildman–Crippen MR) is 51.3 cm³/mol. The SMILES string of the molecule is CC(=N)N(C)Cc1ccc(F)cc1. The van der Waals surface area contributed by atoms with Crippen molar-refractivity contribution in [2.45, 2.75) is 13.5 Å². The molecule has 0 unspecified atom stereocenters. The van der Waals surface area contributed by atoms with Crippen LogP contribution >= 0.6 is 0 Å². The van der Waals surface area contributed by atoms with Crippen LogP contribution in [0, 0.1) is 11.2 Å². The van der Waals surface area contributed by atoms with Gasteiger partial charge in [0.25, 0.3) is 0 Å². The molecular formula is C10H13FN2. The van der Waals surface area contributed by atoms with Crippen molar-refractivity contribution in [2.75, 3.05) is 7.05 Å². The maximum atomic E-state index is 12.5. The minimum atomic E-state index is -0.224. The van der Waals surface area contributed by atoms with Gasteiger partial charge in [-0.3, -0.25) is 5.41 Å². The number of nitrogens with one attached hydrogen (secondary N) is 1. The van der Waals surface area contributed by atoms with Crippen molar-refractivity contribution in [3.63, 3.8) is 0 Å². The summed E-state index contributed by atoms with van der Waals surface area (Å²) in [6.45, 7) is 2.37. The first-order valence-electron chi connectivity index (χ1n) is 4.10. The lowest BCUT2D eigenvalue weighted by molar-refractivity contribution is 0.493. The van der Waals surface area contributed by atoms with Gasteiger partial charge in [-0.1, -0.05) is 12.1 Å². The van der Waals surface area contributed by atoms with E-state index in [-0.39, 0.29) is 5.82 Å². The highest BCUT2D eigenvalue weighted by Gasteiger charge is 1.99. The van der Waals surface area contributed by atoms with Crippen LogP contribution in [0.4, 0.5) is 4.39 Å². The maximum Gasteiger partial charge on any atom is 0.123 e. The number of benzene rings is 1. The molecule has 1 N–H and O–H groups in total. The zero-order valence-electron chi connectivity index (χ0n) is 7.84. The Kier molecular flexibility index (Phi) is 3.01. The highest BCUT2D eigenvalue weighted by Crippen LogP contribution is 2.05. The highest BCUT2D eigenvalue weighted by molar-refractivity contribution is 5.75. The Morgan fingerprint density at radius 1 is 1.38 bits per heavy atom. The van der Waals surface area contributed by atoms with E-state index in [2.05, 4.69) is 0 Å². The topological polar surface area (TPSA) is 27.1 Å². The van der Waals surface area contributed by atoms with Crippen LogP contribution in [0.15, 0.2) is 24.3 Å². The van der Waals surface area contributed by atoms with E-state index in [1.807, 2.05) is 7.05 Å². The maximum absolute atomic E-state index is 12.5. The van der Waals surface area contributed by atoms with E-state index >= 15 is 0 Å². The van der Waals surface area contributed by atoms with Gasteiger partial charge >= 0.3 is 0 Å². The summed E-state index contributed by atoms with van der Waals surface area (Å²) in [5.41, 5.74) is 1.01. The van der Waals surface area contributed by atoms with Crippen molar-refractivity contribution in [1.29, 1.82) is 5.41 Å². The van der Waals surface area contributed by atoms with Crippen LogP contribution in [-0.4, -0.2) is 17.8 Å². The Morgan fingerprint density at radius 3 is 2.38 bits per heavy atom. The third kappa shape index (κ3) is 2.86. The summed E-state index contributed by atoms with van der Waals surface area (Å²) >= 11 is 0. The molecule has 0 heterocycles. The Hall–Kier alpha value is -1.38. The van der Waals surface area contributed by atoms with Gasteiger partial charge in [0.05, 0.1) is 5.84 Å². The first-order chi connectivity index (χ1) is 6.09. The molecule has 0 aromatic heterocycles. The molecule has 13 heavy (non-hydrogen) atoms. The molecule has 0 bridgehead atoms. The summed E-state index contributed by atoms with van der Waals surface area (Å²) in [5.74, 6) is 0.280. The van der Waals surface area contributed by atoms with Gasteiger partial charge in [0.1, 0.15) is 5.82 Å². The fraction of sp³-hybridized carbons (Fsp3) is 0.300. The van der Waals surface area contributed by atoms with Crippen molar-refractivity contribution in [2.24, 2.45) is 0 Å². The number of hydrogen-bond acceptors (Lipinski definition) is 1. The zero-order chi connectivity index (χ0) is 9.84. The van der Waals surface area contributed by atoms with Crippen LogP contribution in [0.1, 0.15) is 12.5 Å². The average molecular weight is 180 g/mol. The molecule has 0 radical (unpaired) electrons. The summed E-state index contributed by atoms with van der Waals surface area (Å²) < 4.78 is 12.5. The smallest absolute Gasteiger partial charge is 0.123 e. The van der Waals surface area contributed by atoms with Gasteiger partial charge in [-0.2, -0.15) is 0 Å². The van der Waals surface area contributed by atoms with Crippen LogP contribution < -0.4 is 0 Å². The van der Waals surface area contributed by atoms with Gasteiger partial charge in [-0.15, -0.1) is 0 Å². The van der Waals surface area contributed by atoms with Crippen LogP contribution in [0.2, 0.25) is 0 Å². The van der Waals surface area contributed by atoms with Gasteiger partial charge in [0, 0.05) is 13.6 Å². The minimum Gasteiger partial charge on any atom is -0.360 e. The van der Waals surface area contributed by atoms with Crippen molar-refractivity contribution in [3.8, 4) is 0 Å². The standard InChI is InChI=1S/C10H13FN2/c1-8(12)13(2)7-9-3-5-10(11)6-4-9/h3-6,12H,7H2,1-2H3. The quantitative estimate of drug-likeness (QED) is 0.548. The van der Waals surface area contributed by atoms with Gasteiger partial charge in [0.15, 0.2) is 0 Å². The molecule has 1 aromatic carbocycles. The summed E-state index contributed by atoms with van der Waals surface area (Å²) in [6.07, 6.45) is 0. The Balaban J connectivity index is 2.64. The molecule has 2 nitrogen and oxygen atoms in total. The fourth-order valence-electron chi connectivity index (χ4n) is 0.982. The largest absolute Gasteiger partial charge is 0.360 e. The second-order valence-electron chi connectivity index (χ2n) is 3.07. The van der Waals surface area contributed by atoms with E-state index in [0.29, 0.717) is 12.4 Å². The molecule has 0 saturated carbocycles. The molecule has 70 valence electrons. The van der Waals surface area contributed by atoms with E-state index in [4.69, 9.17) is 5.41 Å². The zero-order valence-corrected chi connectivity index (χ0v) is 7.84. The van der Waals surface area contributed by atoms with Crippen LogP contribution in [0.5, 0.6) is 0 Å². The number of hydrogen-bond donors (Lipinski definition) is 1. The van der Waals surface area contributed by atoms with Gasteiger partial charge in [-0.25, -0.2) is 4.39 Å². The number of amidine groups is 1. The van der Waals surface area contributed by atoms with Gasteiger partial charge in [-0.05, 0) is 24.6 Å². The summed E-state index contributed by atoms with van der Waals surface area (Å²) in [7, 11) is 1.84. The van der Waals surface area contributed by atoms with Crippen molar-refractivity contribution in [3.05, 3.63) is 35.6 Å². The van der Waals surface area contributed by atoms with E-state index in [0.717, 1.165) is 5.56 Å². The van der Waals surface area contributed by atoms with E-state index in [1.54, 1.807) is 24.0 Å². The lowest BCUT2D eigenvalue weighted by Crippen LogP contribution is -2.22. The molecule has 3 heteroatoms. The highest BCUT2D eigenvalue weighted by atomic mass is 19.1. The first kappa shape index (κ1) is 9.71. The molecule has 0 amide bonds. The van der Waals surface area contributed by atoms with Gasteiger partial charge in [0.2, 0.25) is 0 Å². The Morgan fingerprint density at radius 2 is 1.92 bits per heavy atom. The second kappa shape index (κ2) is 4.03. The predicted octanol–water partition coefficient (Wildman–Crippen LogP) is 2.25. The average Bonchev–Trinajstić information content (AvgIpc) is 2.08. The van der Waals surface area contributed by atoms with E-state index in [1.165, 1.54) is 12.1 Å². The Bertz CT molecular complexity index is 292. The fourth-order valence-corrected chi connectivity index (χ4v) is 0.982. The van der Waals surface area contributed by atoms with Crippen LogP contribution in [0.25, 0.3) is 0 Å². The van der Waals surface area contributed by atoms with Crippen LogP contribution in [0.3, 0.4) is 0 Å². The minimum absolute atomic E-state index is 0.224.